The first-order chi connectivity index (χ1) is 7.10. The number of aromatic hydroxyl groups is 1. The van der Waals surface area contributed by atoms with Crippen molar-refractivity contribution in [3.05, 3.63) is 23.8 Å². The predicted molar refractivity (Wildman–Crippen MR) is 55.9 cm³/mol. The fraction of sp³-hybridized carbons (Fsp3) is 0.455. The Hall–Kier alpha value is -1.26. The van der Waals surface area contributed by atoms with E-state index in [9.17, 15) is 15.3 Å². The Morgan fingerprint density at radius 2 is 2.00 bits per heavy atom. The van der Waals surface area contributed by atoms with Crippen LogP contribution in [0.5, 0.6) is 11.5 Å². The molecular weight excluding hydrogens is 196 g/mol. The highest BCUT2D eigenvalue weighted by Crippen LogP contribution is 2.30. The van der Waals surface area contributed by atoms with Crippen molar-refractivity contribution < 1.29 is 20.1 Å². The molecule has 1 rings (SSSR count). The van der Waals surface area contributed by atoms with Gasteiger partial charge >= 0.3 is 0 Å². The van der Waals surface area contributed by atoms with E-state index in [1.54, 1.807) is 13.0 Å². The summed E-state index contributed by atoms with van der Waals surface area (Å²) in [5, 5.41) is 28.5. The van der Waals surface area contributed by atoms with Gasteiger partial charge in [0, 0.05) is 0 Å². The monoisotopic (exact) mass is 212 g/mol. The summed E-state index contributed by atoms with van der Waals surface area (Å²) in [5.74, 6) is 0.300. The molecule has 84 valence electrons. The molecule has 1 aromatic rings. The second-order valence-electron chi connectivity index (χ2n) is 3.35. The van der Waals surface area contributed by atoms with Gasteiger partial charge in [0.05, 0.1) is 13.2 Å². The molecule has 3 N–H and O–H groups in total. The molecule has 0 amide bonds. The third-order valence-electron chi connectivity index (χ3n) is 2.33. The van der Waals surface area contributed by atoms with E-state index in [2.05, 4.69) is 0 Å². The van der Waals surface area contributed by atoms with Gasteiger partial charge in [0.1, 0.15) is 6.10 Å². The number of methoxy groups -OCH3 is 1. The lowest BCUT2D eigenvalue weighted by molar-refractivity contribution is 0.0163. The van der Waals surface area contributed by atoms with Gasteiger partial charge in [0.25, 0.3) is 0 Å². The SMILES string of the molecule is CC[C@H](O)[C@H](O)c1ccc(O)c(OC)c1. The molecule has 1 aromatic carbocycles. The molecule has 0 saturated heterocycles. The second-order valence-corrected chi connectivity index (χ2v) is 3.35. The van der Waals surface area contributed by atoms with Crippen LogP contribution in [0.15, 0.2) is 18.2 Å². The van der Waals surface area contributed by atoms with E-state index in [4.69, 9.17) is 4.74 Å². The zero-order chi connectivity index (χ0) is 11.4. The van der Waals surface area contributed by atoms with Crippen LogP contribution < -0.4 is 4.74 Å². The summed E-state index contributed by atoms with van der Waals surface area (Å²) in [6.07, 6.45) is -1.30. The van der Waals surface area contributed by atoms with Gasteiger partial charge in [0.2, 0.25) is 0 Å². The summed E-state index contributed by atoms with van der Waals surface area (Å²) >= 11 is 0. The topological polar surface area (TPSA) is 69.9 Å². The maximum absolute atomic E-state index is 9.71. The van der Waals surface area contributed by atoms with E-state index >= 15 is 0 Å². The number of hydrogen-bond acceptors (Lipinski definition) is 4. The lowest BCUT2D eigenvalue weighted by Crippen LogP contribution is -2.16. The zero-order valence-corrected chi connectivity index (χ0v) is 8.84. The number of hydrogen-bond donors (Lipinski definition) is 3. The molecule has 0 spiro atoms. The van der Waals surface area contributed by atoms with Crippen LogP contribution in [0.2, 0.25) is 0 Å². The summed E-state index contributed by atoms with van der Waals surface area (Å²) in [5.41, 5.74) is 0.527. The number of ether oxygens (including phenoxy) is 1. The summed E-state index contributed by atoms with van der Waals surface area (Å²) < 4.78 is 4.91. The second kappa shape index (κ2) is 5.00. The summed E-state index contributed by atoms with van der Waals surface area (Å²) in [7, 11) is 1.43. The minimum Gasteiger partial charge on any atom is -0.504 e. The van der Waals surface area contributed by atoms with E-state index in [1.165, 1.54) is 19.2 Å². The highest BCUT2D eigenvalue weighted by Gasteiger charge is 2.17. The Balaban J connectivity index is 2.95. The molecule has 0 aliphatic carbocycles. The largest absolute Gasteiger partial charge is 0.504 e. The smallest absolute Gasteiger partial charge is 0.160 e. The third-order valence-corrected chi connectivity index (χ3v) is 2.33. The summed E-state index contributed by atoms with van der Waals surface area (Å²) in [4.78, 5) is 0. The summed E-state index contributed by atoms with van der Waals surface area (Å²) in [6, 6.07) is 4.50. The Labute approximate surface area is 88.8 Å². The van der Waals surface area contributed by atoms with Gasteiger partial charge in [-0.05, 0) is 24.1 Å². The number of benzene rings is 1. The Kier molecular flexibility index (Phi) is 3.94. The Morgan fingerprint density at radius 1 is 1.33 bits per heavy atom. The Bertz CT molecular complexity index is 324. The highest BCUT2D eigenvalue weighted by atomic mass is 16.5. The molecule has 0 saturated carbocycles. The predicted octanol–water partition coefficient (Wildman–Crippen LogP) is 1.21. The number of phenols is 1. The van der Waals surface area contributed by atoms with Gasteiger partial charge in [-0.1, -0.05) is 13.0 Å². The van der Waals surface area contributed by atoms with Crippen LogP contribution in [0.3, 0.4) is 0 Å². The van der Waals surface area contributed by atoms with Gasteiger partial charge in [-0.2, -0.15) is 0 Å². The van der Waals surface area contributed by atoms with Gasteiger partial charge in [-0.15, -0.1) is 0 Å². The van der Waals surface area contributed by atoms with Crippen LogP contribution in [-0.2, 0) is 0 Å². The molecule has 0 aromatic heterocycles. The molecule has 0 fully saturated rings. The van der Waals surface area contributed by atoms with E-state index in [1.807, 2.05) is 0 Å². The molecule has 0 aliphatic heterocycles. The maximum Gasteiger partial charge on any atom is 0.160 e. The van der Waals surface area contributed by atoms with E-state index in [-0.39, 0.29) is 11.5 Å². The average molecular weight is 212 g/mol. The van der Waals surface area contributed by atoms with Crippen molar-refractivity contribution in [2.24, 2.45) is 0 Å². The fourth-order valence-corrected chi connectivity index (χ4v) is 1.32. The molecule has 4 heteroatoms. The van der Waals surface area contributed by atoms with Crippen LogP contribution in [0, 0.1) is 0 Å². The molecule has 0 radical (unpaired) electrons. The van der Waals surface area contributed by atoms with E-state index in [0.717, 1.165) is 0 Å². The first kappa shape index (κ1) is 11.8. The molecule has 0 bridgehead atoms. The quantitative estimate of drug-likeness (QED) is 0.701. The van der Waals surface area contributed by atoms with Gasteiger partial charge in [-0.3, -0.25) is 0 Å². The lowest BCUT2D eigenvalue weighted by atomic mass is 10.0. The van der Waals surface area contributed by atoms with Crippen LogP contribution in [0.25, 0.3) is 0 Å². The minimum atomic E-state index is -0.954. The molecule has 15 heavy (non-hydrogen) atoms. The van der Waals surface area contributed by atoms with Crippen molar-refractivity contribution in [3.8, 4) is 11.5 Å². The van der Waals surface area contributed by atoms with Crippen LogP contribution >= 0.6 is 0 Å². The van der Waals surface area contributed by atoms with Crippen LogP contribution in [0.1, 0.15) is 25.0 Å². The molecule has 2 atom stereocenters. The van der Waals surface area contributed by atoms with Crippen molar-refractivity contribution in [3.63, 3.8) is 0 Å². The van der Waals surface area contributed by atoms with Gasteiger partial charge < -0.3 is 20.1 Å². The number of aliphatic hydroxyl groups is 2. The third kappa shape index (κ3) is 2.61. The van der Waals surface area contributed by atoms with Gasteiger partial charge in [-0.25, -0.2) is 0 Å². The lowest BCUT2D eigenvalue weighted by Gasteiger charge is -2.17. The number of phenolic OH excluding ortho intramolecular Hbond substituents is 1. The molecule has 0 aliphatic rings. The molecule has 0 unspecified atom stereocenters. The standard InChI is InChI=1S/C11H16O4/c1-3-8(12)11(14)7-4-5-9(13)10(6-7)15-2/h4-6,8,11-14H,3H2,1-2H3/t8-,11+/m0/s1. The average Bonchev–Trinajstić information content (AvgIpc) is 2.27. The molecule has 0 heterocycles. The van der Waals surface area contributed by atoms with E-state index in [0.29, 0.717) is 12.0 Å². The fourth-order valence-electron chi connectivity index (χ4n) is 1.32. The number of rotatable bonds is 4. The zero-order valence-electron chi connectivity index (χ0n) is 8.84. The highest BCUT2D eigenvalue weighted by molar-refractivity contribution is 5.42. The molecule has 4 nitrogen and oxygen atoms in total. The van der Waals surface area contributed by atoms with Crippen LogP contribution in [0.4, 0.5) is 0 Å². The molecular formula is C11H16O4. The maximum atomic E-state index is 9.71. The van der Waals surface area contributed by atoms with Crippen LogP contribution in [-0.4, -0.2) is 28.5 Å². The first-order valence-corrected chi connectivity index (χ1v) is 4.83. The number of aliphatic hydroxyl groups excluding tert-OH is 2. The van der Waals surface area contributed by atoms with Crippen molar-refractivity contribution in [1.82, 2.24) is 0 Å². The summed E-state index contributed by atoms with van der Waals surface area (Å²) in [6.45, 7) is 1.78. The minimum absolute atomic E-state index is 0.0134. The van der Waals surface area contributed by atoms with E-state index < -0.39 is 12.2 Å². The normalized spacial score (nSPS) is 14.7. The van der Waals surface area contributed by atoms with Crippen molar-refractivity contribution >= 4 is 0 Å². The van der Waals surface area contributed by atoms with Crippen molar-refractivity contribution in [1.29, 1.82) is 0 Å². The first-order valence-electron chi connectivity index (χ1n) is 4.83. The van der Waals surface area contributed by atoms with Gasteiger partial charge in [0.15, 0.2) is 11.5 Å². The van der Waals surface area contributed by atoms with Crippen molar-refractivity contribution in [2.45, 2.75) is 25.6 Å². The van der Waals surface area contributed by atoms with Crippen molar-refractivity contribution in [2.75, 3.05) is 7.11 Å². The Morgan fingerprint density at radius 3 is 2.53 bits per heavy atom.